The molecule has 4 heteroatoms. The zero-order valence-corrected chi connectivity index (χ0v) is 12.2. The van der Waals surface area contributed by atoms with Gasteiger partial charge in [0.15, 0.2) is 0 Å². The van der Waals surface area contributed by atoms with E-state index < -0.39 is 5.97 Å². The van der Waals surface area contributed by atoms with E-state index in [9.17, 15) is 9.90 Å². The first-order chi connectivity index (χ1) is 9.51. The van der Waals surface area contributed by atoms with Crippen LogP contribution in [0.5, 0.6) is 0 Å². The molecular formula is C16H21NO3. The van der Waals surface area contributed by atoms with Gasteiger partial charge < -0.3 is 14.8 Å². The van der Waals surface area contributed by atoms with Gasteiger partial charge in [-0.1, -0.05) is 6.92 Å². The Kier molecular flexibility index (Phi) is 4.14. The molecule has 1 heterocycles. The lowest BCUT2D eigenvalue weighted by Gasteiger charge is -2.06. The number of hydrogen-bond acceptors (Lipinski definition) is 2. The van der Waals surface area contributed by atoms with Crippen molar-refractivity contribution in [3.63, 3.8) is 0 Å². The minimum Gasteiger partial charge on any atom is -0.478 e. The summed E-state index contributed by atoms with van der Waals surface area (Å²) in [5, 5.41) is 19.3. The number of carboxylic acids is 1. The van der Waals surface area contributed by atoms with E-state index in [4.69, 9.17) is 5.11 Å². The third-order valence-electron chi connectivity index (χ3n) is 4.00. The predicted molar refractivity (Wildman–Crippen MR) is 79.4 cm³/mol. The molecule has 0 amide bonds. The molecule has 4 nitrogen and oxygen atoms in total. The molecule has 2 N–H and O–H groups in total. The van der Waals surface area contributed by atoms with Gasteiger partial charge in [-0.05, 0) is 49.4 Å². The van der Waals surface area contributed by atoms with Crippen molar-refractivity contribution < 1.29 is 15.0 Å². The highest BCUT2D eigenvalue weighted by Gasteiger charge is 2.17. The summed E-state index contributed by atoms with van der Waals surface area (Å²) in [6.07, 6.45) is 2.26. The molecule has 20 heavy (non-hydrogen) atoms. The van der Waals surface area contributed by atoms with Gasteiger partial charge in [-0.2, -0.15) is 0 Å². The molecule has 0 atom stereocenters. The molecule has 0 radical (unpaired) electrons. The third kappa shape index (κ3) is 2.31. The number of aromatic carboxylic acids is 1. The van der Waals surface area contributed by atoms with Crippen molar-refractivity contribution in [3.05, 3.63) is 34.5 Å². The number of aliphatic hydroxyl groups is 1. The number of aromatic nitrogens is 1. The number of fused-ring (bicyclic) bond motifs is 1. The second kappa shape index (κ2) is 5.67. The molecule has 0 aliphatic heterocycles. The maximum atomic E-state index is 11.3. The number of aryl methyl sites for hydroxylation is 3. The normalized spacial score (nSPS) is 11.2. The summed E-state index contributed by atoms with van der Waals surface area (Å²) in [6, 6.07) is 3.52. The fraction of sp³-hybridized carbons (Fsp3) is 0.438. The second-order valence-corrected chi connectivity index (χ2v) is 5.14. The number of nitrogens with zero attached hydrogens (tertiary/aromatic N) is 1. The van der Waals surface area contributed by atoms with E-state index in [0.29, 0.717) is 12.0 Å². The number of carboxylic acid groups (broad SMARTS) is 1. The van der Waals surface area contributed by atoms with Crippen LogP contribution in [-0.4, -0.2) is 27.4 Å². The summed E-state index contributed by atoms with van der Waals surface area (Å²) >= 11 is 0. The Bertz CT molecular complexity index is 656. The summed E-state index contributed by atoms with van der Waals surface area (Å²) in [5.74, 6) is -0.892. The molecule has 2 aromatic rings. The second-order valence-electron chi connectivity index (χ2n) is 5.14. The van der Waals surface area contributed by atoms with Crippen LogP contribution in [0.1, 0.15) is 40.5 Å². The van der Waals surface area contributed by atoms with E-state index in [0.717, 1.165) is 40.6 Å². The van der Waals surface area contributed by atoms with Crippen LogP contribution in [0.15, 0.2) is 12.1 Å². The third-order valence-corrected chi connectivity index (χ3v) is 4.00. The van der Waals surface area contributed by atoms with Crippen molar-refractivity contribution in [2.24, 2.45) is 7.05 Å². The van der Waals surface area contributed by atoms with Gasteiger partial charge in [-0.3, -0.25) is 0 Å². The molecule has 0 aliphatic rings. The van der Waals surface area contributed by atoms with Gasteiger partial charge in [0.05, 0.1) is 11.1 Å². The molecule has 2 rings (SSSR count). The Hall–Kier alpha value is -1.81. The fourth-order valence-corrected chi connectivity index (χ4v) is 2.85. The van der Waals surface area contributed by atoms with Crippen LogP contribution >= 0.6 is 0 Å². The maximum absolute atomic E-state index is 11.3. The van der Waals surface area contributed by atoms with Gasteiger partial charge in [-0.15, -0.1) is 0 Å². The molecule has 0 saturated carbocycles. The maximum Gasteiger partial charge on any atom is 0.335 e. The van der Waals surface area contributed by atoms with Gasteiger partial charge >= 0.3 is 5.97 Å². The summed E-state index contributed by atoms with van der Waals surface area (Å²) < 4.78 is 2.13. The Morgan fingerprint density at radius 2 is 2.05 bits per heavy atom. The van der Waals surface area contributed by atoms with Gasteiger partial charge in [0.25, 0.3) is 0 Å². The first kappa shape index (κ1) is 14.6. The first-order valence-electron chi connectivity index (χ1n) is 6.96. The molecule has 0 unspecified atom stereocenters. The van der Waals surface area contributed by atoms with E-state index in [1.165, 1.54) is 0 Å². The molecule has 108 valence electrons. The summed E-state index contributed by atoms with van der Waals surface area (Å²) in [4.78, 5) is 11.3. The Labute approximate surface area is 118 Å². The van der Waals surface area contributed by atoms with Crippen molar-refractivity contribution in [3.8, 4) is 0 Å². The van der Waals surface area contributed by atoms with Crippen LogP contribution in [-0.2, 0) is 19.9 Å². The van der Waals surface area contributed by atoms with E-state index in [-0.39, 0.29) is 6.61 Å². The minimum absolute atomic E-state index is 0.148. The standard InChI is InChI=1S/C16H21NO3/c1-4-11-8-12(16(19)20)9-14-13(6-5-7-18)10(2)17(3)15(11)14/h8-9,18H,4-7H2,1-3H3,(H,19,20). The molecule has 1 aromatic carbocycles. The number of hydrogen-bond donors (Lipinski definition) is 2. The average Bonchev–Trinajstić information content (AvgIpc) is 2.68. The Balaban J connectivity index is 2.76. The van der Waals surface area contributed by atoms with Crippen LogP contribution in [0.4, 0.5) is 0 Å². The van der Waals surface area contributed by atoms with Crippen molar-refractivity contribution in [2.45, 2.75) is 33.1 Å². The molecule has 0 spiro atoms. The summed E-state index contributed by atoms with van der Waals surface area (Å²) in [6.45, 7) is 4.23. The lowest BCUT2D eigenvalue weighted by atomic mass is 10.00. The smallest absolute Gasteiger partial charge is 0.335 e. The van der Waals surface area contributed by atoms with Crippen molar-refractivity contribution in [2.75, 3.05) is 6.61 Å². The van der Waals surface area contributed by atoms with E-state index in [2.05, 4.69) is 4.57 Å². The van der Waals surface area contributed by atoms with E-state index >= 15 is 0 Å². The van der Waals surface area contributed by atoms with Gasteiger partial charge in [0.1, 0.15) is 0 Å². The number of carbonyl (C=O) groups is 1. The van der Waals surface area contributed by atoms with Crippen LogP contribution in [0.25, 0.3) is 10.9 Å². The highest BCUT2D eigenvalue weighted by molar-refractivity contribution is 5.97. The highest BCUT2D eigenvalue weighted by atomic mass is 16.4. The largest absolute Gasteiger partial charge is 0.478 e. The predicted octanol–water partition coefficient (Wildman–Crippen LogP) is 2.67. The SMILES string of the molecule is CCc1cc(C(=O)O)cc2c(CCCO)c(C)n(C)c12. The van der Waals surface area contributed by atoms with Crippen LogP contribution in [0.3, 0.4) is 0 Å². The Morgan fingerprint density at radius 3 is 2.60 bits per heavy atom. The average molecular weight is 275 g/mol. The molecule has 0 aliphatic carbocycles. The topological polar surface area (TPSA) is 62.5 Å². The van der Waals surface area contributed by atoms with Gasteiger partial charge in [0, 0.05) is 24.7 Å². The number of aliphatic hydroxyl groups excluding tert-OH is 1. The Morgan fingerprint density at radius 1 is 1.35 bits per heavy atom. The molecule has 0 bridgehead atoms. The minimum atomic E-state index is -0.892. The summed E-state index contributed by atoms with van der Waals surface area (Å²) in [7, 11) is 2.01. The van der Waals surface area contributed by atoms with Crippen LogP contribution < -0.4 is 0 Å². The monoisotopic (exact) mass is 275 g/mol. The quantitative estimate of drug-likeness (QED) is 0.882. The van der Waals surface area contributed by atoms with Crippen molar-refractivity contribution >= 4 is 16.9 Å². The fourth-order valence-electron chi connectivity index (χ4n) is 2.85. The van der Waals surface area contributed by atoms with E-state index in [1.54, 1.807) is 12.1 Å². The van der Waals surface area contributed by atoms with Crippen LogP contribution in [0, 0.1) is 6.92 Å². The lowest BCUT2D eigenvalue weighted by molar-refractivity contribution is 0.0697. The van der Waals surface area contributed by atoms with E-state index in [1.807, 2.05) is 20.9 Å². The summed E-state index contributed by atoms with van der Waals surface area (Å²) in [5.41, 5.74) is 4.80. The number of benzene rings is 1. The highest BCUT2D eigenvalue weighted by Crippen LogP contribution is 2.30. The first-order valence-corrected chi connectivity index (χ1v) is 6.96. The van der Waals surface area contributed by atoms with Crippen molar-refractivity contribution in [1.82, 2.24) is 4.57 Å². The van der Waals surface area contributed by atoms with Gasteiger partial charge in [0.2, 0.25) is 0 Å². The molecule has 0 saturated heterocycles. The van der Waals surface area contributed by atoms with Gasteiger partial charge in [-0.25, -0.2) is 4.79 Å². The van der Waals surface area contributed by atoms with Crippen molar-refractivity contribution in [1.29, 1.82) is 0 Å². The molecule has 1 aromatic heterocycles. The molecule has 0 fully saturated rings. The molecular weight excluding hydrogens is 254 g/mol. The zero-order chi connectivity index (χ0) is 14.9. The van der Waals surface area contributed by atoms with Crippen LogP contribution in [0.2, 0.25) is 0 Å². The number of rotatable bonds is 5. The lowest BCUT2D eigenvalue weighted by Crippen LogP contribution is -2.00. The zero-order valence-electron chi connectivity index (χ0n) is 12.2.